The molecular formula is C13H22N4O2S. The fourth-order valence-electron chi connectivity index (χ4n) is 2.39. The summed E-state index contributed by atoms with van der Waals surface area (Å²) < 4.78 is 23.6. The summed E-state index contributed by atoms with van der Waals surface area (Å²) in [6, 6.07) is 0. The lowest BCUT2D eigenvalue weighted by molar-refractivity contribution is 0.591. The summed E-state index contributed by atoms with van der Waals surface area (Å²) in [6.07, 6.45) is 3.18. The Labute approximate surface area is 120 Å². The van der Waals surface area contributed by atoms with Crippen LogP contribution >= 0.6 is 0 Å². The van der Waals surface area contributed by atoms with E-state index in [4.69, 9.17) is 5.73 Å². The molecule has 1 atom stereocenters. The zero-order valence-corrected chi connectivity index (χ0v) is 12.8. The third-order valence-electron chi connectivity index (χ3n) is 3.66. The number of hydrogen-bond acceptors (Lipinski definition) is 6. The van der Waals surface area contributed by atoms with Gasteiger partial charge in [0.25, 0.3) is 0 Å². The molecule has 1 aliphatic heterocycles. The summed E-state index contributed by atoms with van der Waals surface area (Å²) in [7, 11) is -2.94. The van der Waals surface area contributed by atoms with Crippen molar-refractivity contribution >= 4 is 21.5 Å². The number of nitrogen functional groups attached to an aromatic ring is 1. The lowest BCUT2D eigenvalue weighted by Crippen LogP contribution is -2.26. The van der Waals surface area contributed by atoms with Gasteiger partial charge in [-0.25, -0.2) is 18.4 Å². The van der Waals surface area contributed by atoms with Gasteiger partial charge < -0.3 is 11.1 Å². The van der Waals surface area contributed by atoms with Crippen LogP contribution in [0.2, 0.25) is 0 Å². The van der Waals surface area contributed by atoms with Crippen molar-refractivity contribution in [2.45, 2.75) is 44.8 Å². The number of nitrogens with two attached hydrogens (primary N) is 1. The predicted octanol–water partition coefficient (Wildman–Crippen LogP) is 1.31. The maximum absolute atomic E-state index is 11.8. The van der Waals surface area contributed by atoms with E-state index >= 15 is 0 Å². The van der Waals surface area contributed by atoms with Gasteiger partial charge in [0.1, 0.15) is 17.5 Å². The van der Waals surface area contributed by atoms with E-state index in [0.717, 1.165) is 31.2 Å². The van der Waals surface area contributed by atoms with Crippen LogP contribution in [0.1, 0.15) is 37.6 Å². The Morgan fingerprint density at radius 3 is 2.75 bits per heavy atom. The van der Waals surface area contributed by atoms with E-state index in [1.165, 1.54) is 0 Å². The Bertz CT molecular complexity index is 586. The monoisotopic (exact) mass is 298 g/mol. The standard InChI is InChI=1S/C13H22N4O2S/c1-3-5-11-16-12(14)9(2)13(17-11)15-8-10-6-4-7-20(10,18)19/h10H,3-8H2,1-2H3,(H3,14,15,16,17). The van der Waals surface area contributed by atoms with Crippen LogP contribution in [0.15, 0.2) is 0 Å². The number of hydrogen-bond donors (Lipinski definition) is 2. The molecule has 7 heteroatoms. The van der Waals surface area contributed by atoms with Gasteiger partial charge in [0.05, 0.1) is 11.0 Å². The molecule has 0 spiro atoms. The van der Waals surface area contributed by atoms with Crippen LogP contribution in [0.25, 0.3) is 0 Å². The Morgan fingerprint density at radius 2 is 2.15 bits per heavy atom. The Hall–Kier alpha value is -1.37. The maximum atomic E-state index is 11.8. The van der Waals surface area contributed by atoms with E-state index in [2.05, 4.69) is 22.2 Å². The highest BCUT2D eigenvalue weighted by Gasteiger charge is 2.31. The molecule has 6 nitrogen and oxygen atoms in total. The topological polar surface area (TPSA) is 98.0 Å². The minimum absolute atomic E-state index is 0.297. The number of nitrogens with zero attached hydrogens (tertiary/aromatic N) is 2. The van der Waals surface area contributed by atoms with Crippen molar-refractivity contribution in [3.8, 4) is 0 Å². The van der Waals surface area contributed by atoms with E-state index < -0.39 is 9.84 Å². The van der Waals surface area contributed by atoms with Crippen molar-refractivity contribution in [1.82, 2.24) is 9.97 Å². The second-order valence-electron chi connectivity index (χ2n) is 5.26. The highest BCUT2D eigenvalue weighted by atomic mass is 32.2. The van der Waals surface area contributed by atoms with Gasteiger partial charge in [0.15, 0.2) is 9.84 Å². The third-order valence-corrected chi connectivity index (χ3v) is 5.94. The van der Waals surface area contributed by atoms with E-state index in [0.29, 0.717) is 29.8 Å². The van der Waals surface area contributed by atoms with Gasteiger partial charge in [-0.2, -0.15) is 0 Å². The highest BCUT2D eigenvalue weighted by Crippen LogP contribution is 2.22. The Morgan fingerprint density at radius 1 is 1.40 bits per heavy atom. The smallest absolute Gasteiger partial charge is 0.154 e. The average Bonchev–Trinajstić information content (AvgIpc) is 2.71. The summed E-state index contributed by atoms with van der Waals surface area (Å²) in [6.45, 7) is 4.29. The molecule has 1 saturated heterocycles. The number of aromatic nitrogens is 2. The van der Waals surface area contributed by atoms with Crippen LogP contribution in [0.4, 0.5) is 11.6 Å². The number of sulfone groups is 1. The number of anilines is 2. The molecule has 112 valence electrons. The van der Waals surface area contributed by atoms with Gasteiger partial charge in [-0.3, -0.25) is 0 Å². The molecule has 1 aromatic heterocycles. The van der Waals surface area contributed by atoms with E-state index in [9.17, 15) is 8.42 Å². The van der Waals surface area contributed by atoms with Gasteiger partial charge >= 0.3 is 0 Å². The molecule has 0 bridgehead atoms. The molecule has 1 aliphatic rings. The molecule has 0 aromatic carbocycles. The molecule has 20 heavy (non-hydrogen) atoms. The highest BCUT2D eigenvalue weighted by molar-refractivity contribution is 7.92. The van der Waals surface area contributed by atoms with Crippen molar-refractivity contribution < 1.29 is 8.42 Å². The molecule has 0 saturated carbocycles. The summed E-state index contributed by atoms with van der Waals surface area (Å²) in [5, 5.41) is 2.83. The van der Waals surface area contributed by atoms with E-state index in [1.54, 1.807) is 0 Å². The van der Waals surface area contributed by atoms with Gasteiger partial charge in [0, 0.05) is 18.5 Å². The first-order chi connectivity index (χ1) is 9.44. The summed E-state index contributed by atoms with van der Waals surface area (Å²) >= 11 is 0. The van der Waals surface area contributed by atoms with E-state index in [1.807, 2.05) is 6.92 Å². The largest absolute Gasteiger partial charge is 0.383 e. The van der Waals surface area contributed by atoms with Crippen molar-refractivity contribution in [3.63, 3.8) is 0 Å². The van der Waals surface area contributed by atoms with Crippen molar-refractivity contribution in [3.05, 3.63) is 11.4 Å². The first kappa shape index (κ1) is 15.0. The minimum Gasteiger partial charge on any atom is -0.383 e. The molecule has 1 aromatic rings. The van der Waals surface area contributed by atoms with Crippen LogP contribution in [0.3, 0.4) is 0 Å². The average molecular weight is 298 g/mol. The lowest BCUT2D eigenvalue weighted by Gasteiger charge is -2.14. The van der Waals surface area contributed by atoms with Crippen LogP contribution in [-0.2, 0) is 16.3 Å². The number of nitrogens with one attached hydrogen (secondary N) is 1. The molecule has 2 rings (SSSR count). The molecule has 2 heterocycles. The maximum Gasteiger partial charge on any atom is 0.154 e. The first-order valence-electron chi connectivity index (χ1n) is 7.02. The second kappa shape index (κ2) is 5.95. The molecule has 3 N–H and O–H groups in total. The van der Waals surface area contributed by atoms with Crippen molar-refractivity contribution in [1.29, 1.82) is 0 Å². The van der Waals surface area contributed by atoms with Crippen LogP contribution < -0.4 is 11.1 Å². The minimum atomic E-state index is -2.94. The van der Waals surface area contributed by atoms with Crippen molar-refractivity contribution in [2.24, 2.45) is 0 Å². The Balaban J connectivity index is 2.12. The quantitative estimate of drug-likeness (QED) is 0.850. The van der Waals surface area contributed by atoms with Crippen LogP contribution in [0.5, 0.6) is 0 Å². The zero-order valence-electron chi connectivity index (χ0n) is 12.0. The summed E-state index contributed by atoms with van der Waals surface area (Å²) in [5.41, 5.74) is 6.66. The number of aryl methyl sites for hydroxylation is 1. The third kappa shape index (κ3) is 3.20. The Kier molecular flexibility index (Phi) is 4.47. The zero-order chi connectivity index (χ0) is 14.8. The van der Waals surface area contributed by atoms with Gasteiger partial charge in [-0.15, -0.1) is 0 Å². The van der Waals surface area contributed by atoms with Crippen LogP contribution in [-0.4, -0.2) is 35.9 Å². The second-order valence-corrected chi connectivity index (χ2v) is 7.66. The van der Waals surface area contributed by atoms with Gasteiger partial charge in [0.2, 0.25) is 0 Å². The van der Waals surface area contributed by atoms with E-state index in [-0.39, 0.29) is 5.25 Å². The van der Waals surface area contributed by atoms with Crippen molar-refractivity contribution in [2.75, 3.05) is 23.3 Å². The normalized spacial score (nSPS) is 21.0. The molecule has 1 fully saturated rings. The first-order valence-corrected chi connectivity index (χ1v) is 8.74. The fraction of sp³-hybridized carbons (Fsp3) is 0.692. The lowest BCUT2D eigenvalue weighted by atomic mass is 10.2. The summed E-state index contributed by atoms with van der Waals surface area (Å²) in [5.74, 6) is 2.11. The molecule has 0 aliphatic carbocycles. The number of rotatable bonds is 5. The summed E-state index contributed by atoms with van der Waals surface area (Å²) in [4.78, 5) is 8.67. The molecule has 0 radical (unpaired) electrons. The molecule has 0 amide bonds. The van der Waals surface area contributed by atoms with Crippen LogP contribution in [0, 0.1) is 6.92 Å². The van der Waals surface area contributed by atoms with Gasteiger partial charge in [-0.05, 0) is 26.2 Å². The SMILES string of the molecule is CCCc1nc(N)c(C)c(NCC2CCCS2(=O)=O)n1. The predicted molar refractivity (Wildman–Crippen MR) is 80.5 cm³/mol. The molecule has 1 unspecified atom stereocenters. The fourth-order valence-corrected chi connectivity index (χ4v) is 4.15. The van der Waals surface area contributed by atoms with Gasteiger partial charge in [-0.1, -0.05) is 6.92 Å². The molecular weight excluding hydrogens is 276 g/mol.